The molecule has 0 unspecified atom stereocenters. The number of hydrogen-bond donors (Lipinski definition) is 1. The van der Waals surface area contributed by atoms with Gasteiger partial charge in [-0.25, -0.2) is 0 Å². The third kappa shape index (κ3) is 2.45. The van der Waals surface area contributed by atoms with E-state index in [4.69, 9.17) is 0 Å². The van der Waals surface area contributed by atoms with Crippen LogP contribution in [0.1, 0.15) is 13.3 Å². The summed E-state index contributed by atoms with van der Waals surface area (Å²) in [5.74, 6) is 1.72. The Labute approximate surface area is 58.5 Å². The van der Waals surface area contributed by atoms with Crippen molar-refractivity contribution in [1.29, 1.82) is 0 Å². The van der Waals surface area contributed by atoms with Crippen LogP contribution in [0.2, 0.25) is 0 Å². The highest BCUT2D eigenvalue weighted by Crippen LogP contribution is 1.97. The Morgan fingerprint density at radius 1 is 1.56 bits per heavy atom. The van der Waals surface area contributed by atoms with E-state index in [1.807, 2.05) is 0 Å². The van der Waals surface area contributed by atoms with E-state index in [1.165, 1.54) is 0 Å². The van der Waals surface area contributed by atoms with Gasteiger partial charge in [0.2, 0.25) is 0 Å². The molecule has 1 saturated heterocycles. The summed E-state index contributed by atoms with van der Waals surface area (Å²) >= 11 is 0. The summed E-state index contributed by atoms with van der Waals surface area (Å²) in [6.07, 6.45) is 1.06. The summed E-state index contributed by atoms with van der Waals surface area (Å²) < 4.78 is 10.9. The van der Waals surface area contributed by atoms with Crippen molar-refractivity contribution >= 4 is 10.8 Å². The molecule has 9 heavy (non-hydrogen) atoms. The molecule has 0 saturated carbocycles. The second-order valence-electron chi connectivity index (χ2n) is 2.49. The van der Waals surface area contributed by atoms with Gasteiger partial charge in [0, 0.05) is 34.9 Å². The van der Waals surface area contributed by atoms with Gasteiger partial charge in [-0.05, 0) is 13.3 Å². The van der Waals surface area contributed by atoms with Crippen LogP contribution in [-0.2, 0) is 10.8 Å². The molecule has 0 aromatic carbocycles. The zero-order valence-electron chi connectivity index (χ0n) is 5.72. The van der Waals surface area contributed by atoms with Gasteiger partial charge < -0.3 is 5.32 Å². The standard InChI is InChI=1S/C6H13NOS/c1-6-2-4-9(8)5-3-7-6/h6-7H,2-5H2,1H3/t6-,9+/m1/s1. The molecule has 0 aliphatic carbocycles. The first-order valence-corrected chi connectivity index (χ1v) is 4.86. The molecule has 1 fully saturated rings. The van der Waals surface area contributed by atoms with Crippen LogP contribution in [0.3, 0.4) is 0 Å². The first-order chi connectivity index (χ1) is 4.29. The summed E-state index contributed by atoms with van der Waals surface area (Å²) in [6.45, 7) is 3.07. The van der Waals surface area contributed by atoms with E-state index in [1.54, 1.807) is 0 Å². The predicted octanol–water partition coefficient (Wildman–Crippen LogP) is 0.117. The van der Waals surface area contributed by atoms with Crippen molar-refractivity contribution in [2.45, 2.75) is 19.4 Å². The van der Waals surface area contributed by atoms with Gasteiger partial charge in [0.05, 0.1) is 0 Å². The summed E-state index contributed by atoms with van der Waals surface area (Å²) in [7, 11) is -0.541. The summed E-state index contributed by atoms with van der Waals surface area (Å²) in [5.41, 5.74) is 0. The Morgan fingerprint density at radius 3 is 3.11 bits per heavy atom. The van der Waals surface area contributed by atoms with E-state index < -0.39 is 10.8 Å². The quantitative estimate of drug-likeness (QED) is 0.527. The van der Waals surface area contributed by atoms with Crippen molar-refractivity contribution in [2.24, 2.45) is 0 Å². The molecule has 1 N–H and O–H groups in total. The summed E-state index contributed by atoms with van der Waals surface area (Å²) in [6, 6.07) is 0.566. The van der Waals surface area contributed by atoms with E-state index in [9.17, 15) is 4.21 Å². The van der Waals surface area contributed by atoms with Gasteiger partial charge in [-0.3, -0.25) is 4.21 Å². The summed E-state index contributed by atoms with van der Waals surface area (Å²) in [4.78, 5) is 0. The van der Waals surface area contributed by atoms with E-state index in [0.29, 0.717) is 6.04 Å². The molecule has 2 nitrogen and oxygen atoms in total. The van der Waals surface area contributed by atoms with Crippen molar-refractivity contribution in [2.75, 3.05) is 18.1 Å². The zero-order valence-corrected chi connectivity index (χ0v) is 6.54. The molecule has 1 rings (SSSR count). The highest BCUT2D eigenvalue weighted by molar-refractivity contribution is 7.85. The monoisotopic (exact) mass is 147 g/mol. The highest BCUT2D eigenvalue weighted by atomic mass is 32.2. The predicted molar refractivity (Wildman–Crippen MR) is 40.0 cm³/mol. The molecule has 0 radical (unpaired) electrons. The molecule has 54 valence electrons. The number of hydrogen-bond acceptors (Lipinski definition) is 2. The minimum Gasteiger partial charge on any atom is -0.313 e. The van der Waals surface area contributed by atoms with Crippen molar-refractivity contribution < 1.29 is 4.21 Å². The van der Waals surface area contributed by atoms with Crippen LogP contribution in [0.4, 0.5) is 0 Å². The maximum absolute atomic E-state index is 10.9. The van der Waals surface area contributed by atoms with Crippen LogP contribution in [0.15, 0.2) is 0 Å². The van der Waals surface area contributed by atoms with Gasteiger partial charge in [-0.1, -0.05) is 0 Å². The SMILES string of the molecule is C[C@@H]1CC[S@](=O)CCN1. The minimum atomic E-state index is -0.541. The van der Waals surface area contributed by atoms with Crippen molar-refractivity contribution in [3.8, 4) is 0 Å². The minimum absolute atomic E-state index is 0.541. The Bertz CT molecular complexity index is 116. The van der Waals surface area contributed by atoms with Crippen LogP contribution in [0.5, 0.6) is 0 Å². The lowest BCUT2D eigenvalue weighted by Gasteiger charge is -2.05. The van der Waals surface area contributed by atoms with Crippen molar-refractivity contribution in [3.05, 3.63) is 0 Å². The fourth-order valence-corrected chi connectivity index (χ4v) is 2.10. The Kier molecular flexibility index (Phi) is 2.66. The van der Waals surface area contributed by atoms with Gasteiger partial charge in [-0.15, -0.1) is 0 Å². The lowest BCUT2D eigenvalue weighted by atomic mass is 10.3. The van der Waals surface area contributed by atoms with Crippen molar-refractivity contribution in [3.63, 3.8) is 0 Å². The average Bonchev–Trinajstić information content (AvgIpc) is 1.97. The van der Waals surface area contributed by atoms with E-state index in [-0.39, 0.29) is 0 Å². The molecule has 0 spiro atoms. The third-order valence-electron chi connectivity index (χ3n) is 1.60. The fourth-order valence-electron chi connectivity index (χ4n) is 0.932. The largest absolute Gasteiger partial charge is 0.313 e. The smallest absolute Gasteiger partial charge is 0.0360 e. The first kappa shape index (κ1) is 7.22. The highest BCUT2D eigenvalue weighted by Gasteiger charge is 2.09. The number of nitrogens with one attached hydrogen (secondary N) is 1. The molecule has 2 atom stereocenters. The molecule has 1 aliphatic heterocycles. The van der Waals surface area contributed by atoms with Crippen LogP contribution in [0.25, 0.3) is 0 Å². The van der Waals surface area contributed by atoms with Crippen LogP contribution in [0, 0.1) is 0 Å². The molecule has 3 heteroatoms. The first-order valence-electron chi connectivity index (χ1n) is 3.37. The molecular formula is C6H13NOS. The molecule has 0 amide bonds. The lowest BCUT2D eigenvalue weighted by molar-refractivity contribution is 0.567. The van der Waals surface area contributed by atoms with E-state index in [2.05, 4.69) is 12.2 Å². The van der Waals surface area contributed by atoms with Gasteiger partial charge in [0.15, 0.2) is 0 Å². The van der Waals surface area contributed by atoms with E-state index in [0.717, 1.165) is 24.5 Å². The molecule has 1 heterocycles. The van der Waals surface area contributed by atoms with Gasteiger partial charge in [0.1, 0.15) is 0 Å². The van der Waals surface area contributed by atoms with Crippen LogP contribution >= 0.6 is 0 Å². The Hall–Kier alpha value is 0.110. The van der Waals surface area contributed by atoms with E-state index >= 15 is 0 Å². The average molecular weight is 147 g/mol. The number of rotatable bonds is 0. The maximum atomic E-state index is 10.9. The van der Waals surface area contributed by atoms with Gasteiger partial charge >= 0.3 is 0 Å². The normalized spacial score (nSPS) is 37.9. The van der Waals surface area contributed by atoms with Crippen molar-refractivity contribution in [1.82, 2.24) is 5.32 Å². The molecule has 1 aliphatic rings. The topological polar surface area (TPSA) is 29.1 Å². The molecule has 0 aromatic heterocycles. The van der Waals surface area contributed by atoms with Gasteiger partial charge in [-0.2, -0.15) is 0 Å². The molecule has 0 bridgehead atoms. The summed E-state index contributed by atoms with van der Waals surface area (Å²) in [5, 5.41) is 3.28. The fraction of sp³-hybridized carbons (Fsp3) is 1.00. The second kappa shape index (κ2) is 3.32. The second-order valence-corrected chi connectivity index (χ2v) is 4.19. The van der Waals surface area contributed by atoms with Crippen LogP contribution < -0.4 is 5.32 Å². The molecular weight excluding hydrogens is 134 g/mol. The van der Waals surface area contributed by atoms with Gasteiger partial charge in [0.25, 0.3) is 0 Å². The van der Waals surface area contributed by atoms with Crippen LogP contribution in [-0.4, -0.2) is 28.3 Å². The third-order valence-corrected chi connectivity index (χ3v) is 2.95. The Morgan fingerprint density at radius 2 is 2.33 bits per heavy atom. The lowest BCUT2D eigenvalue weighted by Crippen LogP contribution is -2.26. The zero-order chi connectivity index (χ0) is 6.69. The Balaban J connectivity index is 2.34. The maximum Gasteiger partial charge on any atom is 0.0360 e. The molecule has 0 aromatic rings.